The normalized spacial score (nSPS) is 11.0. The highest BCUT2D eigenvalue weighted by molar-refractivity contribution is 7.92. The van der Waals surface area contributed by atoms with Gasteiger partial charge in [0.1, 0.15) is 5.75 Å². The lowest BCUT2D eigenvalue weighted by Crippen LogP contribution is -2.20. The predicted molar refractivity (Wildman–Crippen MR) is 121 cm³/mol. The third-order valence-corrected chi connectivity index (χ3v) is 5.73. The Bertz CT molecular complexity index is 1290. The average molecular weight is 471 g/mol. The van der Waals surface area contributed by atoms with Crippen LogP contribution in [-0.2, 0) is 14.8 Å². The number of rotatable bonds is 8. The fraction of sp³-hybridized carbons (Fsp3) is 0.190. The monoisotopic (exact) mass is 471 g/mol. The van der Waals surface area contributed by atoms with Gasteiger partial charge in [0.2, 0.25) is 5.95 Å². The first-order valence-electron chi connectivity index (χ1n) is 9.66. The second kappa shape index (κ2) is 9.61. The Labute approximate surface area is 190 Å². The number of non-ortho nitro benzene ring substituents is 1. The summed E-state index contributed by atoms with van der Waals surface area (Å²) in [4.78, 5) is 30.5. The number of nitro groups is 1. The summed E-state index contributed by atoms with van der Waals surface area (Å²) in [6, 6.07) is 11.3. The molecule has 0 fully saturated rings. The van der Waals surface area contributed by atoms with Crippen molar-refractivity contribution in [2.45, 2.75) is 25.7 Å². The number of anilines is 2. The van der Waals surface area contributed by atoms with Gasteiger partial charge in [0.25, 0.3) is 21.6 Å². The Hall–Kier alpha value is -4.06. The van der Waals surface area contributed by atoms with Crippen LogP contribution in [0.4, 0.5) is 17.3 Å². The van der Waals surface area contributed by atoms with Crippen LogP contribution in [0, 0.1) is 30.9 Å². The van der Waals surface area contributed by atoms with E-state index < -0.39 is 20.9 Å². The Balaban J connectivity index is 1.60. The number of hydrogen-bond donors (Lipinski definition) is 2. The van der Waals surface area contributed by atoms with Crippen molar-refractivity contribution >= 4 is 33.3 Å². The van der Waals surface area contributed by atoms with Crippen LogP contribution in [0.2, 0.25) is 0 Å². The fourth-order valence-electron chi connectivity index (χ4n) is 2.92. The highest BCUT2D eigenvalue weighted by Crippen LogP contribution is 2.23. The molecule has 1 amide bonds. The van der Waals surface area contributed by atoms with Gasteiger partial charge in [-0.1, -0.05) is 0 Å². The summed E-state index contributed by atoms with van der Waals surface area (Å²) in [6.07, 6.45) is 0. The summed E-state index contributed by atoms with van der Waals surface area (Å²) >= 11 is 0. The minimum Gasteiger partial charge on any atom is -0.483 e. The van der Waals surface area contributed by atoms with E-state index >= 15 is 0 Å². The van der Waals surface area contributed by atoms with E-state index in [9.17, 15) is 23.3 Å². The maximum Gasteiger partial charge on any atom is 0.269 e. The zero-order valence-electron chi connectivity index (χ0n) is 18.0. The van der Waals surface area contributed by atoms with Crippen LogP contribution in [-0.4, -0.2) is 35.8 Å². The molecule has 0 radical (unpaired) electrons. The van der Waals surface area contributed by atoms with Crippen LogP contribution in [0.5, 0.6) is 5.75 Å². The number of ether oxygens (including phenoxy) is 1. The number of carbonyl (C=O) groups excluding carboxylic acids is 1. The minimum absolute atomic E-state index is 0.0245. The summed E-state index contributed by atoms with van der Waals surface area (Å²) in [7, 11) is -3.91. The van der Waals surface area contributed by atoms with E-state index in [0.717, 1.165) is 0 Å². The molecular formula is C21H21N5O6S. The standard InChI is InChI=1S/C21H21N5O6S/c1-13-10-17(26(28)29)6-9-19(13)32-12-20(27)24-16-4-7-18(8-5-16)33(30,31)25-21-22-14(2)11-15(3)23-21/h4-11H,12H2,1-3H3,(H,24,27)(H,22,23,25). The minimum atomic E-state index is -3.91. The zero-order chi connectivity index (χ0) is 24.2. The molecule has 0 unspecified atom stereocenters. The van der Waals surface area contributed by atoms with Crippen molar-refractivity contribution < 1.29 is 22.9 Å². The molecule has 0 atom stereocenters. The van der Waals surface area contributed by atoms with Crippen LogP contribution in [0.25, 0.3) is 0 Å². The van der Waals surface area contributed by atoms with Gasteiger partial charge in [-0.3, -0.25) is 14.9 Å². The van der Waals surface area contributed by atoms with E-state index in [4.69, 9.17) is 4.74 Å². The lowest BCUT2D eigenvalue weighted by molar-refractivity contribution is -0.384. The number of aryl methyl sites for hydroxylation is 3. The molecule has 3 aromatic rings. The van der Waals surface area contributed by atoms with E-state index in [1.165, 1.54) is 42.5 Å². The summed E-state index contributed by atoms with van der Waals surface area (Å²) in [5, 5.41) is 13.4. The molecule has 0 aliphatic rings. The first-order valence-corrected chi connectivity index (χ1v) is 11.1. The number of sulfonamides is 1. The Morgan fingerprint density at radius 1 is 1.03 bits per heavy atom. The van der Waals surface area contributed by atoms with Gasteiger partial charge in [-0.15, -0.1) is 0 Å². The van der Waals surface area contributed by atoms with Crippen molar-refractivity contribution in [2.75, 3.05) is 16.6 Å². The molecule has 2 aromatic carbocycles. The lowest BCUT2D eigenvalue weighted by atomic mass is 10.2. The first kappa shape index (κ1) is 23.6. The second-order valence-corrected chi connectivity index (χ2v) is 8.83. The maximum absolute atomic E-state index is 12.6. The highest BCUT2D eigenvalue weighted by Gasteiger charge is 2.17. The topological polar surface area (TPSA) is 153 Å². The van der Waals surface area contributed by atoms with E-state index in [1.807, 2.05) is 0 Å². The fourth-order valence-corrected chi connectivity index (χ4v) is 3.86. The van der Waals surface area contributed by atoms with Gasteiger partial charge in [-0.25, -0.2) is 23.1 Å². The number of nitrogens with one attached hydrogen (secondary N) is 2. The van der Waals surface area contributed by atoms with Gasteiger partial charge >= 0.3 is 0 Å². The molecular weight excluding hydrogens is 450 g/mol. The molecule has 3 rings (SSSR count). The van der Waals surface area contributed by atoms with E-state index in [-0.39, 0.29) is 23.1 Å². The Kier molecular flexibility index (Phi) is 6.87. The van der Waals surface area contributed by atoms with Gasteiger partial charge in [-0.2, -0.15) is 0 Å². The number of nitrogens with zero attached hydrogens (tertiary/aromatic N) is 3. The number of benzene rings is 2. The first-order chi connectivity index (χ1) is 15.5. The molecule has 11 nitrogen and oxygen atoms in total. The molecule has 0 bridgehead atoms. The van der Waals surface area contributed by atoms with Crippen LogP contribution in [0.3, 0.4) is 0 Å². The highest BCUT2D eigenvalue weighted by atomic mass is 32.2. The number of aromatic nitrogens is 2. The molecule has 0 saturated heterocycles. The molecule has 12 heteroatoms. The van der Waals surface area contributed by atoms with Crippen molar-refractivity contribution in [1.29, 1.82) is 0 Å². The Morgan fingerprint density at radius 3 is 2.24 bits per heavy atom. The van der Waals surface area contributed by atoms with Gasteiger partial charge in [0.05, 0.1) is 9.82 Å². The van der Waals surface area contributed by atoms with E-state index in [0.29, 0.717) is 28.4 Å². The maximum atomic E-state index is 12.6. The lowest BCUT2D eigenvalue weighted by Gasteiger charge is -2.11. The molecule has 0 aliphatic carbocycles. The summed E-state index contributed by atoms with van der Waals surface area (Å²) in [6.45, 7) is 4.77. The molecule has 2 N–H and O–H groups in total. The smallest absolute Gasteiger partial charge is 0.269 e. The molecule has 33 heavy (non-hydrogen) atoms. The van der Waals surface area contributed by atoms with E-state index in [1.54, 1.807) is 26.8 Å². The van der Waals surface area contributed by atoms with Crippen molar-refractivity contribution in [2.24, 2.45) is 0 Å². The van der Waals surface area contributed by atoms with Crippen molar-refractivity contribution in [3.8, 4) is 5.75 Å². The molecule has 1 aromatic heterocycles. The molecule has 1 heterocycles. The molecule has 0 spiro atoms. The summed E-state index contributed by atoms with van der Waals surface area (Å²) in [5.74, 6) is -0.162. The Morgan fingerprint density at radius 2 is 1.67 bits per heavy atom. The second-order valence-electron chi connectivity index (χ2n) is 7.15. The van der Waals surface area contributed by atoms with Crippen LogP contribution >= 0.6 is 0 Å². The van der Waals surface area contributed by atoms with Crippen molar-refractivity contribution in [3.05, 3.63) is 75.6 Å². The van der Waals surface area contributed by atoms with Gasteiger partial charge < -0.3 is 10.1 Å². The largest absolute Gasteiger partial charge is 0.483 e. The molecule has 0 saturated carbocycles. The average Bonchev–Trinajstić information content (AvgIpc) is 2.72. The molecule has 172 valence electrons. The number of carbonyl (C=O) groups is 1. The SMILES string of the molecule is Cc1cc(C)nc(NS(=O)(=O)c2ccc(NC(=O)COc3ccc([N+](=O)[O-])cc3C)cc2)n1. The summed E-state index contributed by atoms with van der Waals surface area (Å²) < 4.78 is 32.9. The van der Waals surface area contributed by atoms with Crippen LogP contribution in [0.15, 0.2) is 53.4 Å². The number of amides is 1. The summed E-state index contributed by atoms with van der Waals surface area (Å²) in [5.41, 5.74) is 2.07. The van der Waals surface area contributed by atoms with Gasteiger partial charge in [-0.05, 0) is 62.7 Å². The third kappa shape index (κ3) is 6.23. The van der Waals surface area contributed by atoms with Crippen LogP contribution in [0.1, 0.15) is 17.0 Å². The van der Waals surface area contributed by atoms with Crippen molar-refractivity contribution in [3.63, 3.8) is 0 Å². The quantitative estimate of drug-likeness (QED) is 0.375. The predicted octanol–water partition coefficient (Wildman–Crippen LogP) is 3.13. The number of nitro benzene ring substituents is 1. The third-order valence-electron chi connectivity index (χ3n) is 4.38. The number of hydrogen-bond acceptors (Lipinski definition) is 8. The van der Waals surface area contributed by atoms with Gasteiger partial charge in [0.15, 0.2) is 6.61 Å². The van der Waals surface area contributed by atoms with Gasteiger partial charge in [0, 0.05) is 29.2 Å². The zero-order valence-corrected chi connectivity index (χ0v) is 18.8. The van der Waals surface area contributed by atoms with Crippen LogP contribution < -0.4 is 14.8 Å². The molecule has 0 aliphatic heterocycles. The van der Waals surface area contributed by atoms with E-state index in [2.05, 4.69) is 20.0 Å². The van der Waals surface area contributed by atoms with Crippen molar-refractivity contribution in [1.82, 2.24) is 9.97 Å².